The molecule has 402 valence electrons. The van der Waals surface area contributed by atoms with Crippen LogP contribution in [0.4, 0.5) is 86.8 Å². The standard InChI is InChI=1S/C65H43F12N3/c66-62(67,68)60(63(69,70)71,50-34-38-56(39-35-50)79(52-18-8-2-9-19-52)53-20-10-3-11-21-53)48-30-26-45(27-31-48)58-42-47(44-16-6-1-7-17-44)43-59(78-58)46-28-32-49(33-29-46)61(64(72,73)74,65(75,76)77)51-36-40-57(41-37-51)80(54-22-12-4-13-23-54)55-24-14-5-15-25-55/h1-43H. The van der Waals surface area contributed by atoms with Gasteiger partial charge in [-0.1, -0.05) is 176 Å². The number of nitrogens with zero attached hydrogens (tertiary/aromatic N) is 3. The number of hydrogen-bond donors (Lipinski definition) is 0. The molecule has 0 unspecified atom stereocenters. The van der Waals surface area contributed by atoms with Crippen molar-refractivity contribution < 1.29 is 52.7 Å². The summed E-state index contributed by atoms with van der Waals surface area (Å²) in [5, 5.41) is 0. The lowest BCUT2D eigenvalue weighted by Gasteiger charge is -2.38. The Kier molecular flexibility index (Phi) is 14.4. The van der Waals surface area contributed by atoms with Crippen molar-refractivity contribution in [2.75, 3.05) is 9.80 Å². The molecule has 1 aromatic heterocycles. The molecule has 0 saturated carbocycles. The van der Waals surface area contributed by atoms with Gasteiger partial charge in [0.2, 0.25) is 10.8 Å². The normalized spacial score (nSPS) is 12.5. The van der Waals surface area contributed by atoms with Gasteiger partial charge in [-0.05, 0) is 118 Å². The number of pyridine rings is 1. The van der Waals surface area contributed by atoms with Crippen molar-refractivity contribution in [3.63, 3.8) is 0 Å². The molecule has 0 atom stereocenters. The second-order valence-electron chi connectivity index (χ2n) is 18.7. The van der Waals surface area contributed by atoms with Gasteiger partial charge in [-0.3, -0.25) is 0 Å². The Balaban J connectivity index is 1.03. The fourth-order valence-electron chi connectivity index (χ4n) is 10.3. The van der Waals surface area contributed by atoms with Crippen LogP contribution in [-0.4, -0.2) is 29.7 Å². The minimum atomic E-state index is -5.93. The zero-order valence-electron chi connectivity index (χ0n) is 41.7. The smallest absolute Gasteiger partial charge is 0.311 e. The number of aromatic nitrogens is 1. The molecular formula is C65H43F12N3. The minimum absolute atomic E-state index is 0.0212. The Bertz CT molecular complexity index is 3330. The Hall–Kier alpha value is -9.11. The van der Waals surface area contributed by atoms with Gasteiger partial charge in [-0.2, -0.15) is 52.7 Å². The van der Waals surface area contributed by atoms with Crippen LogP contribution in [0.25, 0.3) is 33.6 Å². The van der Waals surface area contributed by atoms with E-state index >= 15 is 52.7 Å². The van der Waals surface area contributed by atoms with E-state index in [0.29, 0.717) is 33.9 Å². The Labute approximate surface area is 452 Å². The van der Waals surface area contributed by atoms with Crippen LogP contribution in [0.3, 0.4) is 0 Å². The van der Waals surface area contributed by atoms with Crippen molar-refractivity contribution in [1.29, 1.82) is 0 Å². The summed E-state index contributed by atoms with van der Waals surface area (Å²) in [6.45, 7) is 0. The highest BCUT2D eigenvalue weighted by Crippen LogP contribution is 2.58. The van der Waals surface area contributed by atoms with Crippen LogP contribution < -0.4 is 9.80 Å². The van der Waals surface area contributed by atoms with Crippen LogP contribution in [0.1, 0.15) is 22.3 Å². The molecule has 10 aromatic rings. The lowest BCUT2D eigenvalue weighted by Crippen LogP contribution is -2.54. The Morgan fingerprint density at radius 1 is 0.225 bits per heavy atom. The molecule has 0 saturated heterocycles. The summed E-state index contributed by atoms with van der Waals surface area (Å²) in [4.78, 5) is 8.02. The van der Waals surface area contributed by atoms with E-state index in [1.54, 1.807) is 161 Å². The van der Waals surface area contributed by atoms with Crippen LogP contribution in [0, 0.1) is 0 Å². The Morgan fingerprint density at radius 3 is 0.700 bits per heavy atom. The van der Waals surface area contributed by atoms with Gasteiger partial charge in [0.05, 0.1) is 11.4 Å². The first-order chi connectivity index (χ1) is 38.2. The molecule has 10 rings (SSSR count). The highest BCUT2D eigenvalue weighted by Gasteiger charge is 2.73. The van der Waals surface area contributed by atoms with E-state index < -0.39 is 57.8 Å². The number of anilines is 6. The van der Waals surface area contributed by atoms with E-state index in [9.17, 15) is 0 Å². The molecule has 0 aliphatic heterocycles. The van der Waals surface area contributed by atoms with Crippen LogP contribution in [0.2, 0.25) is 0 Å². The molecule has 9 aromatic carbocycles. The molecule has 0 fully saturated rings. The topological polar surface area (TPSA) is 19.4 Å². The molecule has 3 nitrogen and oxygen atoms in total. The van der Waals surface area contributed by atoms with Crippen molar-refractivity contribution in [2.24, 2.45) is 0 Å². The van der Waals surface area contributed by atoms with Crippen molar-refractivity contribution in [3.8, 4) is 33.6 Å². The molecule has 1 heterocycles. The molecule has 0 bridgehead atoms. The molecule has 15 heteroatoms. The van der Waals surface area contributed by atoms with Crippen molar-refractivity contribution >= 4 is 34.1 Å². The van der Waals surface area contributed by atoms with Crippen LogP contribution in [-0.2, 0) is 10.8 Å². The van der Waals surface area contributed by atoms with E-state index in [4.69, 9.17) is 0 Å². The predicted molar refractivity (Wildman–Crippen MR) is 289 cm³/mol. The number of rotatable bonds is 13. The van der Waals surface area contributed by atoms with Crippen LogP contribution in [0.15, 0.2) is 261 Å². The quantitative estimate of drug-likeness (QED) is 0.107. The number of halogens is 12. The summed E-state index contributed by atoms with van der Waals surface area (Å²) in [6.07, 6.45) is -23.7. The van der Waals surface area contributed by atoms with E-state index in [0.717, 1.165) is 72.8 Å². The van der Waals surface area contributed by atoms with Gasteiger partial charge >= 0.3 is 24.7 Å². The molecule has 80 heavy (non-hydrogen) atoms. The average molecular weight is 1090 g/mol. The van der Waals surface area contributed by atoms with Gasteiger partial charge in [-0.25, -0.2) is 4.98 Å². The molecule has 0 radical (unpaired) electrons. The van der Waals surface area contributed by atoms with E-state index in [2.05, 4.69) is 4.98 Å². The molecular weight excluding hydrogens is 1050 g/mol. The van der Waals surface area contributed by atoms with Gasteiger partial charge in [0.1, 0.15) is 0 Å². The maximum absolute atomic E-state index is 15.6. The van der Waals surface area contributed by atoms with Crippen molar-refractivity contribution in [3.05, 3.63) is 283 Å². The number of benzene rings is 9. The first kappa shape index (κ1) is 54.3. The lowest BCUT2D eigenvalue weighted by atomic mass is 9.72. The van der Waals surface area contributed by atoms with Gasteiger partial charge in [-0.15, -0.1) is 0 Å². The molecule has 0 aliphatic rings. The monoisotopic (exact) mass is 1090 g/mol. The predicted octanol–water partition coefficient (Wildman–Crippen LogP) is 19.8. The minimum Gasteiger partial charge on any atom is -0.311 e. The summed E-state index contributed by atoms with van der Waals surface area (Å²) in [6, 6.07) is 61.6. The third kappa shape index (κ3) is 9.92. The summed E-state index contributed by atoms with van der Waals surface area (Å²) < 4.78 is 187. The third-order valence-corrected chi connectivity index (χ3v) is 14.0. The van der Waals surface area contributed by atoms with Crippen molar-refractivity contribution in [1.82, 2.24) is 4.98 Å². The molecule has 0 aliphatic carbocycles. The number of para-hydroxylation sites is 4. The second kappa shape index (κ2) is 21.3. The van der Waals surface area contributed by atoms with Gasteiger partial charge in [0, 0.05) is 45.3 Å². The SMILES string of the molecule is FC(F)(F)C(c1ccc(-c2cc(-c3ccccc3)cc(-c3ccc(C(c4ccc(N(c5ccccc5)c5ccccc5)cc4)(C(F)(F)F)C(F)(F)F)cc3)n2)cc1)(c1ccc(N(c2ccccc2)c2ccccc2)cc1)C(F)(F)F. The highest BCUT2D eigenvalue weighted by molar-refractivity contribution is 5.80. The molecule has 0 spiro atoms. The first-order valence-corrected chi connectivity index (χ1v) is 24.8. The fraction of sp³-hybridized carbons (Fsp3) is 0.0923. The van der Waals surface area contributed by atoms with E-state index in [1.165, 1.54) is 36.4 Å². The maximum atomic E-state index is 15.6. The lowest BCUT2D eigenvalue weighted by molar-refractivity contribution is -0.290. The maximum Gasteiger partial charge on any atom is 0.411 e. The number of alkyl halides is 12. The largest absolute Gasteiger partial charge is 0.411 e. The zero-order valence-corrected chi connectivity index (χ0v) is 41.7. The summed E-state index contributed by atoms with van der Waals surface area (Å²) in [5.41, 5.74) is -9.45. The zero-order chi connectivity index (χ0) is 56.5. The summed E-state index contributed by atoms with van der Waals surface area (Å²) >= 11 is 0. The fourth-order valence-corrected chi connectivity index (χ4v) is 10.3. The summed E-state index contributed by atoms with van der Waals surface area (Å²) in [7, 11) is 0. The van der Waals surface area contributed by atoms with Gasteiger partial charge in [0.25, 0.3) is 0 Å². The third-order valence-electron chi connectivity index (χ3n) is 14.0. The molecule has 0 N–H and O–H groups in total. The Morgan fingerprint density at radius 2 is 0.450 bits per heavy atom. The van der Waals surface area contributed by atoms with Gasteiger partial charge < -0.3 is 9.80 Å². The average Bonchev–Trinajstić information content (AvgIpc) is 3.51. The van der Waals surface area contributed by atoms with E-state index in [1.807, 2.05) is 0 Å². The van der Waals surface area contributed by atoms with Gasteiger partial charge in [0.15, 0.2) is 0 Å². The van der Waals surface area contributed by atoms with Crippen LogP contribution in [0.5, 0.6) is 0 Å². The second-order valence-corrected chi connectivity index (χ2v) is 18.7. The number of hydrogen-bond acceptors (Lipinski definition) is 3. The molecule has 0 amide bonds. The first-order valence-electron chi connectivity index (χ1n) is 24.8. The van der Waals surface area contributed by atoms with Crippen molar-refractivity contribution in [2.45, 2.75) is 35.5 Å². The van der Waals surface area contributed by atoms with E-state index in [-0.39, 0.29) is 33.9 Å². The highest BCUT2D eigenvalue weighted by atomic mass is 19.4. The van der Waals surface area contributed by atoms with Crippen LogP contribution >= 0.6 is 0 Å². The summed E-state index contributed by atoms with van der Waals surface area (Å²) in [5.74, 6) is 0.